The molecule has 3 rings (SSSR count). The zero-order valence-electron chi connectivity index (χ0n) is 23.4. The molecule has 1 aliphatic rings. The van der Waals surface area contributed by atoms with E-state index in [1.54, 1.807) is 32.2 Å². The maximum absolute atomic E-state index is 13.2. The number of hydrogen-bond donors (Lipinski definition) is 4. The Kier molecular flexibility index (Phi) is 10.0. The van der Waals surface area contributed by atoms with Gasteiger partial charge in [0.2, 0.25) is 11.8 Å². The molecule has 0 saturated carbocycles. The minimum absolute atomic E-state index is 0.0761. The Morgan fingerprint density at radius 1 is 1.25 bits per heavy atom. The van der Waals surface area contributed by atoms with Crippen LogP contribution in [0.3, 0.4) is 0 Å². The van der Waals surface area contributed by atoms with Crippen LogP contribution >= 0.6 is 0 Å². The van der Waals surface area contributed by atoms with Crippen molar-refractivity contribution in [1.82, 2.24) is 26.1 Å². The van der Waals surface area contributed by atoms with Crippen LogP contribution in [0.1, 0.15) is 58.2 Å². The number of fused-ring (bicyclic) bond motifs is 1. The zero-order valence-corrected chi connectivity index (χ0v) is 23.4. The summed E-state index contributed by atoms with van der Waals surface area (Å²) in [6.45, 7) is 7.34. The van der Waals surface area contributed by atoms with Crippen molar-refractivity contribution in [3.05, 3.63) is 47.8 Å². The molecule has 212 valence electrons. The second kappa shape index (κ2) is 13.2. The number of rotatable bonds is 10. The Labute approximate surface area is 234 Å². The number of carbonyl (C=O) groups is 4. The number of hydrogen-bond acceptors (Lipinski definition) is 6. The number of aromatic nitrogens is 1. The second-order valence-corrected chi connectivity index (χ2v) is 10.5. The van der Waals surface area contributed by atoms with Crippen LogP contribution in [0.5, 0.6) is 0 Å². The van der Waals surface area contributed by atoms with E-state index in [-0.39, 0.29) is 6.42 Å². The van der Waals surface area contributed by atoms with Gasteiger partial charge in [0.25, 0.3) is 5.91 Å². The molecule has 3 amide bonds. The molecule has 0 aliphatic carbocycles. The summed E-state index contributed by atoms with van der Waals surface area (Å²) in [4.78, 5) is 54.7. The molecule has 4 N–H and O–H groups in total. The zero-order chi connectivity index (χ0) is 29.4. The molecular formula is C30H37N5O5. The lowest BCUT2D eigenvalue weighted by molar-refractivity contribution is -0.148. The van der Waals surface area contributed by atoms with Gasteiger partial charge in [-0.25, -0.2) is 5.43 Å². The highest BCUT2D eigenvalue weighted by atomic mass is 16.4. The predicted octanol–water partition coefficient (Wildman–Crippen LogP) is 2.43. The summed E-state index contributed by atoms with van der Waals surface area (Å²) in [5.41, 5.74) is 3.59. The van der Waals surface area contributed by atoms with Crippen molar-refractivity contribution in [1.29, 1.82) is 0 Å². The first-order valence-electron chi connectivity index (χ1n) is 13.4. The fourth-order valence-corrected chi connectivity index (χ4v) is 4.29. The Morgan fingerprint density at radius 2 is 2.00 bits per heavy atom. The van der Waals surface area contributed by atoms with E-state index in [0.29, 0.717) is 25.1 Å². The summed E-state index contributed by atoms with van der Waals surface area (Å²) in [6, 6.07) is 5.29. The van der Waals surface area contributed by atoms with Crippen LogP contribution in [0.2, 0.25) is 0 Å². The second-order valence-electron chi connectivity index (χ2n) is 10.5. The molecule has 2 heterocycles. The summed E-state index contributed by atoms with van der Waals surface area (Å²) in [6.07, 6.45) is 12.5. The van der Waals surface area contributed by atoms with E-state index < -0.39 is 47.2 Å². The average molecular weight is 548 g/mol. The quantitative estimate of drug-likeness (QED) is 0.335. The third-order valence-electron chi connectivity index (χ3n) is 6.89. The first-order chi connectivity index (χ1) is 18.9. The molecular weight excluding hydrogens is 510 g/mol. The number of carboxylic acids is 1. The minimum atomic E-state index is -1.06. The monoisotopic (exact) mass is 547 g/mol. The van der Waals surface area contributed by atoms with Crippen molar-refractivity contribution in [2.45, 2.75) is 71.5 Å². The van der Waals surface area contributed by atoms with E-state index in [9.17, 15) is 24.3 Å². The predicted molar refractivity (Wildman–Crippen MR) is 152 cm³/mol. The van der Waals surface area contributed by atoms with Gasteiger partial charge in [0, 0.05) is 24.5 Å². The van der Waals surface area contributed by atoms with Gasteiger partial charge in [-0.2, -0.15) is 0 Å². The van der Waals surface area contributed by atoms with Gasteiger partial charge < -0.3 is 15.7 Å². The molecule has 1 aromatic heterocycles. The maximum atomic E-state index is 13.2. The molecule has 10 heteroatoms. The van der Waals surface area contributed by atoms with Crippen molar-refractivity contribution in [2.75, 3.05) is 6.54 Å². The Bertz CT molecular complexity index is 1350. The van der Waals surface area contributed by atoms with Crippen LogP contribution in [0.15, 0.2) is 36.5 Å². The molecule has 1 aromatic carbocycles. The molecule has 1 saturated heterocycles. The number of benzene rings is 1. The highest BCUT2D eigenvalue weighted by Gasteiger charge is 2.33. The van der Waals surface area contributed by atoms with Crippen LogP contribution < -0.4 is 16.1 Å². The van der Waals surface area contributed by atoms with Crippen LogP contribution in [0.4, 0.5) is 0 Å². The largest absolute Gasteiger partial charge is 0.480 e. The number of nitrogens with zero attached hydrogens (tertiary/aromatic N) is 2. The first kappa shape index (κ1) is 30.3. The van der Waals surface area contributed by atoms with Crippen molar-refractivity contribution in [3.8, 4) is 12.3 Å². The summed E-state index contributed by atoms with van der Waals surface area (Å²) >= 11 is 0. The third kappa shape index (κ3) is 7.67. The SMILES string of the molecule is C#CCC(NC(=O)C(C)(C)/C=C/c1cc2cc(CC)ccc2cn1)C(=O)NC(C)C(=O)N1CCCC(C(=O)O)N1. The van der Waals surface area contributed by atoms with Crippen LogP contribution in [0.25, 0.3) is 16.8 Å². The Hall–Kier alpha value is -4.23. The Morgan fingerprint density at radius 3 is 2.67 bits per heavy atom. The topological polar surface area (TPSA) is 141 Å². The van der Waals surface area contributed by atoms with E-state index in [2.05, 4.69) is 46.0 Å². The lowest BCUT2D eigenvalue weighted by atomic mass is 9.90. The molecule has 1 fully saturated rings. The summed E-state index contributed by atoms with van der Waals surface area (Å²) in [7, 11) is 0. The van der Waals surface area contributed by atoms with E-state index in [1.165, 1.54) is 17.5 Å². The molecule has 1 aliphatic heterocycles. The van der Waals surface area contributed by atoms with Crippen LogP contribution in [0, 0.1) is 17.8 Å². The van der Waals surface area contributed by atoms with Crippen LogP contribution in [-0.2, 0) is 25.6 Å². The highest BCUT2D eigenvalue weighted by molar-refractivity contribution is 5.94. The average Bonchev–Trinajstić information content (AvgIpc) is 2.94. The van der Waals surface area contributed by atoms with Gasteiger partial charge in [-0.3, -0.25) is 29.2 Å². The van der Waals surface area contributed by atoms with Crippen molar-refractivity contribution < 1.29 is 24.3 Å². The first-order valence-corrected chi connectivity index (χ1v) is 13.4. The van der Waals surface area contributed by atoms with Gasteiger partial charge in [-0.05, 0) is 63.1 Å². The van der Waals surface area contributed by atoms with E-state index in [0.717, 1.165) is 17.2 Å². The maximum Gasteiger partial charge on any atom is 0.322 e. The van der Waals surface area contributed by atoms with E-state index in [4.69, 9.17) is 6.42 Å². The standard InChI is InChI=1S/C30H37N5O5/c1-6-9-24(26(36)32-19(3)27(37)35-15-8-10-25(34-35)28(38)39)33-29(40)30(4,5)14-13-23-17-22-16-20(7-2)11-12-21(22)18-31-23/h1,11-14,16-19,24-25,34H,7-10,15H2,2-5H3,(H,32,36)(H,33,40)(H,38,39)/b14-13+. The van der Waals surface area contributed by atoms with Crippen LogP contribution in [-0.4, -0.2) is 63.5 Å². The van der Waals surface area contributed by atoms with E-state index >= 15 is 0 Å². The molecule has 2 aromatic rings. The number of carboxylic acid groups (broad SMARTS) is 1. The molecule has 0 spiro atoms. The summed E-state index contributed by atoms with van der Waals surface area (Å²) in [5, 5.41) is 17.8. The molecule has 10 nitrogen and oxygen atoms in total. The normalized spacial score (nSPS) is 17.2. The van der Waals surface area contributed by atoms with Crippen molar-refractivity contribution in [3.63, 3.8) is 0 Å². The number of pyridine rings is 1. The minimum Gasteiger partial charge on any atom is -0.480 e. The van der Waals surface area contributed by atoms with Crippen molar-refractivity contribution >= 4 is 40.5 Å². The molecule has 0 radical (unpaired) electrons. The number of terminal acetylenes is 1. The summed E-state index contributed by atoms with van der Waals surface area (Å²) in [5.74, 6) is -0.170. The van der Waals surface area contributed by atoms with Gasteiger partial charge in [0.05, 0.1) is 11.1 Å². The number of amides is 3. The van der Waals surface area contributed by atoms with Crippen molar-refractivity contribution in [2.24, 2.45) is 5.41 Å². The fourth-order valence-electron chi connectivity index (χ4n) is 4.29. The van der Waals surface area contributed by atoms with Gasteiger partial charge in [-0.1, -0.05) is 31.2 Å². The number of hydrazine groups is 1. The Balaban J connectivity index is 1.64. The van der Waals surface area contributed by atoms with E-state index in [1.807, 2.05) is 12.1 Å². The van der Waals surface area contributed by atoms with Gasteiger partial charge in [-0.15, -0.1) is 12.3 Å². The van der Waals surface area contributed by atoms with Gasteiger partial charge in [0.15, 0.2) is 0 Å². The number of nitrogens with one attached hydrogen (secondary N) is 3. The molecule has 3 atom stereocenters. The van der Waals surface area contributed by atoms with Gasteiger partial charge in [0.1, 0.15) is 18.1 Å². The highest BCUT2D eigenvalue weighted by Crippen LogP contribution is 2.22. The molecule has 40 heavy (non-hydrogen) atoms. The molecule has 0 bridgehead atoms. The van der Waals surface area contributed by atoms with Gasteiger partial charge >= 0.3 is 5.97 Å². The lowest BCUT2D eigenvalue weighted by Gasteiger charge is -2.34. The number of aliphatic carboxylic acids is 1. The molecule has 3 unspecified atom stereocenters. The lowest BCUT2D eigenvalue weighted by Crippen LogP contribution is -2.60. The smallest absolute Gasteiger partial charge is 0.322 e. The number of carbonyl (C=O) groups excluding carboxylic acids is 3. The fraction of sp³-hybridized carbons (Fsp3) is 0.433. The third-order valence-corrected chi connectivity index (χ3v) is 6.89. The number of aryl methyl sites for hydroxylation is 1. The summed E-state index contributed by atoms with van der Waals surface area (Å²) < 4.78 is 0.